The third kappa shape index (κ3) is 3.52. The van der Waals surface area contributed by atoms with Gasteiger partial charge in [-0.05, 0) is 46.6 Å². The molecule has 6 heteroatoms. The first-order valence-electron chi connectivity index (χ1n) is 6.36. The molecule has 2 aromatic carbocycles. The molecule has 0 aliphatic heterocycles. The number of hydrogen-bond donors (Lipinski definition) is 1. The molecule has 21 heavy (non-hydrogen) atoms. The van der Waals surface area contributed by atoms with Crippen molar-refractivity contribution in [1.29, 1.82) is 0 Å². The molecule has 2 rings (SSSR count). The topological polar surface area (TPSA) is 64.4 Å². The van der Waals surface area contributed by atoms with Gasteiger partial charge in [0.15, 0.2) is 0 Å². The zero-order valence-electron chi connectivity index (χ0n) is 11.7. The second-order valence-corrected chi connectivity index (χ2v) is 5.39. The highest BCUT2D eigenvalue weighted by molar-refractivity contribution is 9.10. The van der Waals surface area contributed by atoms with Crippen LogP contribution in [0.4, 0.5) is 11.4 Å². The molecule has 0 bridgehead atoms. The Morgan fingerprint density at radius 1 is 1.29 bits per heavy atom. The maximum atomic E-state index is 11.0. The zero-order chi connectivity index (χ0) is 15.4. The first kappa shape index (κ1) is 15.3. The number of nitro benzene ring substituents is 1. The molecule has 5 nitrogen and oxygen atoms in total. The highest BCUT2D eigenvalue weighted by Gasteiger charge is 2.15. The van der Waals surface area contributed by atoms with Crippen molar-refractivity contribution in [3.8, 4) is 5.75 Å². The van der Waals surface area contributed by atoms with Crippen molar-refractivity contribution in [2.24, 2.45) is 0 Å². The van der Waals surface area contributed by atoms with Crippen molar-refractivity contribution in [2.45, 2.75) is 13.0 Å². The summed E-state index contributed by atoms with van der Waals surface area (Å²) in [6.45, 7) is 1.95. The van der Waals surface area contributed by atoms with Crippen LogP contribution in [0.2, 0.25) is 0 Å². The van der Waals surface area contributed by atoms with Gasteiger partial charge in [0.25, 0.3) is 5.69 Å². The molecule has 0 heterocycles. The maximum Gasteiger partial charge on any atom is 0.292 e. The van der Waals surface area contributed by atoms with E-state index in [-0.39, 0.29) is 16.7 Å². The second kappa shape index (κ2) is 6.58. The fourth-order valence-electron chi connectivity index (χ4n) is 2.02. The van der Waals surface area contributed by atoms with Gasteiger partial charge in [-0.25, -0.2) is 0 Å². The Balaban J connectivity index is 2.24. The third-order valence-corrected chi connectivity index (χ3v) is 3.77. The number of ether oxygens (including phenoxy) is 1. The molecule has 1 N–H and O–H groups in total. The van der Waals surface area contributed by atoms with Gasteiger partial charge >= 0.3 is 0 Å². The number of nitrogens with one attached hydrogen (secondary N) is 1. The Bertz CT molecular complexity index is 661. The van der Waals surface area contributed by atoms with Crippen molar-refractivity contribution in [3.63, 3.8) is 0 Å². The van der Waals surface area contributed by atoms with Crippen LogP contribution in [0.3, 0.4) is 0 Å². The molecule has 0 aliphatic rings. The number of benzene rings is 2. The van der Waals surface area contributed by atoms with Gasteiger partial charge in [-0.15, -0.1) is 0 Å². The minimum absolute atomic E-state index is 0.0666. The molecule has 0 amide bonds. The second-order valence-electron chi connectivity index (χ2n) is 4.53. The first-order valence-corrected chi connectivity index (χ1v) is 7.15. The van der Waals surface area contributed by atoms with Gasteiger partial charge in [-0.3, -0.25) is 10.1 Å². The van der Waals surface area contributed by atoms with E-state index in [4.69, 9.17) is 4.74 Å². The molecular formula is C15H15BrN2O3. The van der Waals surface area contributed by atoms with Crippen LogP contribution < -0.4 is 10.1 Å². The van der Waals surface area contributed by atoms with Crippen LogP contribution in [0.15, 0.2) is 46.9 Å². The smallest absolute Gasteiger partial charge is 0.292 e. The van der Waals surface area contributed by atoms with Crippen LogP contribution >= 0.6 is 15.9 Å². The lowest BCUT2D eigenvalue weighted by molar-refractivity contribution is -0.384. The Kier molecular flexibility index (Phi) is 4.80. The lowest BCUT2D eigenvalue weighted by Gasteiger charge is -2.16. The van der Waals surface area contributed by atoms with Crippen molar-refractivity contribution < 1.29 is 9.66 Å². The lowest BCUT2D eigenvalue weighted by atomic mass is 10.1. The van der Waals surface area contributed by atoms with E-state index < -0.39 is 0 Å². The average Bonchev–Trinajstić information content (AvgIpc) is 2.47. The molecule has 1 atom stereocenters. The Labute approximate surface area is 131 Å². The lowest BCUT2D eigenvalue weighted by Crippen LogP contribution is -2.08. The highest BCUT2D eigenvalue weighted by Crippen LogP contribution is 2.31. The molecular weight excluding hydrogens is 336 g/mol. The molecule has 110 valence electrons. The van der Waals surface area contributed by atoms with Crippen LogP contribution in [0.25, 0.3) is 0 Å². The summed E-state index contributed by atoms with van der Waals surface area (Å²) in [6.07, 6.45) is 0. The van der Waals surface area contributed by atoms with E-state index >= 15 is 0 Å². The summed E-state index contributed by atoms with van der Waals surface area (Å²) < 4.78 is 6.04. The fourth-order valence-corrected chi connectivity index (χ4v) is 2.58. The summed E-state index contributed by atoms with van der Waals surface area (Å²) in [5.74, 6) is 0.747. The summed E-state index contributed by atoms with van der Waals surface area (Å²) >= 11 is 3.44. The van der Waals surface area contributed by atoms with Gasteiger partial charge in [0.1, 0.15) is 11.4 Å². The van der Waals surface area contributed by atoms with Crippen LogP contribution in [-0.2, 0) is 0 Å². The van der Waals surface area contributed by atoms with Gasteiger partial charge in [0, 0.05) is 12.1 Å². The predicted molar refractivity (Wildman–Crippen MR) is 85.8 cm³/mol. The number of hydrogen-bond acceptors (Lipinski definition) is 4. The Morgan fingerprint density at radius 3 is 2.62 bits per heavy atom. The SMILES string of the molecule is COc1ccc(C(C)Nc2ccccc2[N+](=O)[O-])cc1Br. The average molecular weight is 351 g/mol. The minimum Gasteiger partial charge on any atom is -0.496 e. The summed E-state index contributed by atoms with van der Waals surface area (Å²) in [5, 5.41) is 14.2. The Morgan fingerprint density at radius 2 is 2.00 bits per heavy atom. The van der Waals surface area contributed by atoms with E-state index in [0.717, 1.165) is 15.8 Å². The number of anilines is 1. The molecule has 0 saturated carbocycles. The van der Waals surface area contributed by atoms with E-state index in [9.17, 15) is 10.1 Å². The zero-order valence-corrected chi connectivity index (χ0v) is 13.3. The number of halogens is 1. The van der Waals surface area contributed by atoms with E-state index in [1.165, 1.54) is 6.07 Å². The van der Waals surface area contributed by atoms with Gasteiger partial charge < -0.3 is 10.1 Å². The number of methoxy groups -OCH3 is 1. The molecule has 0 fully saturated rings. The molecule has 0 radical (unpaired) electrons. The molecule has 1 unspecified atom stereocenters. The molecule has 0 aliphatic carbocycles. The summed E-state index contributed by atoms with van der Waals surface area (Å²) in [7, 11) is 1.61. The third-order valence-electron chi connectivity index (χ3n) is 3.15. The van der Waals surface area contributed by atoms with E-state index in [0.29, 0.717) is 5.69 Å². The molecule has 2 aromatic rings. The van der Waals surface area contributed by atoms with Crippen molar-refractivity contribution in [1.82, 2.24) is 0 Å². The van der Waals surface area contributed by atoms with Gasteiger partial charge in [-0.1, -0.05) is 18.2 Å². The minimum atomic E-state index is -0.390. The van der Waals surface area contributed by atoms with E-state index in [2.05, 4.69) is 21.2 Å². The maximum absolute atomic E-state index is 11.0. The number of rotatable bonds is 5. The summed E-state index contributed by atoms with van der Waals surface area (Å²) in [6, 6.07) is 12.3. The summed E-state index contributed by atoms with van der Waals surface area (Å²) in [4.78, 5) is 10.6. The van der Waals surface area contributed by atoms with Crippen LogP contribution in [0.5, 0.6) is 5.75 Å². The number of nitro groups is 1. The molecule has 0 saturated heterocycles. The first-order chi connectivity index (χ1) is 10.0. The van der Waals surface area contributed by atoms with Crippen molar-refractivity contribution in [3.05, 3.63) is 62.6 Å². The quantitative estimate of drug-likeness (QED) is 0.635. The highest BCUT2D eigenvalue weighted by atomic mass is 79.9. The monoisotopic (exact) mass is 350 g/mol. The van der Waals surface area contributed by atoms with Gasteiger partial charge in [0.05, 0.1) is 16.5 Å². The van der Waals surface area contributed by atoms with Crippen molar-refractivity contribution in [2.75, 3.05) is 12.4 Å². The van der Waals surface area contributed by atoms with Crippen LogP contribution in [0.1, 0.15) is 18.5 Å². The van der Waals surface area contributed by atoms with Gasteiger partial charge in [-0.2, -0.15) is 0 Å². The van der Waals surface area contributed by atoms with Crippen LogP contribution in [-0.4, -0.2) is 12.0 Å². The van der Waals surface area contributed by atoms with Crippen molar-refractivity contribution >= 4 is 27.3 Å². The van der Waals surface area contributed by atoms with E-state index in [1.807, 2.05) is 25.1 Å². The standard InChI is InChI=1S/C15H15BrN2O3/c1-10(11-7-8-15(21-2)12(16)9-11)17-13-5-3-4-6-14(13)18(19)20/h3-10,17H,1-2H3. The largest absolute Gasteiger partial charge is 0.496 e. The Hall–Kier alpha value is -2.08. The van der Waals surface area contributed by atoms with E-state index in [1.54, 1.807) is 25.3 Å². The molecule has 0 spiro atoms. The fraction of sp³-hybridized carbons (Fsp3) is 0.200. The van der Waals surface area contributed by atoms with Crippen LogP contribution in [0, 0.1) is 10.1 Å². The summed E-state index contributed by atoms with van der Waals surface area (Å²) in [5.41, 5.74) is 1.57. The predicted octanol–water partition coefficient (Wildman–Crippen LogP) is 4.54. The molecule has 0 aromatic heterocycles. The van der Waals surface area contributed by atoms with Gasteiger partial charge in [0.2, 0.25) is 0 Å². The number of para-hydroxylation sites is 2. The number of nitrogens with zero attached hydrogens (tertiary/aromatic N) is 1. The normalized spacial score (nSPS) is 11.8.